The Kier molecular flexibility index (Phi) is 5.90. The second kappa shape index (κ2) is 8.36. The molecule has 4 rings (SSSR count). The molecule has 2 aromatic heterocycles. The lowest BCUT2D eigenvalue weighted by molar-refractivity contribution is 0.100. The maximum Gasteiger partial charge on any atom is 0.253 e. The molecule has 12 heteroatoms. The van der Waals surface area contributed by atoms with E-state index in [0.29, 0.717) is 6.29 Å². The minimum absolute atomic E-state index is 0.0516. The van der Waals surface area contributed by atoms with Gasteiger partial charge in [-0.3, -0.25) is 9.59 Å². The molecule has 35 heavy (non-hydrogen) atoms. The van der Waals surface area contributed by atoms with Crippen molar-refractivity contribution in [3.05, 3.63) is 58.9 Å². The van der Waals surface area contributed by atoms with Gasteiger partial charge in [0.2, 0.25) is 0 Å². The minimum Gasteiger partial charge on any atom is -0.365 e. The molecular formula is C23H23F3N4O4S. The number of aldehydes is 1. The van der Waals surface area contributed by atoms with Crippen molar-refractivity contribution < 1.29 is 31.2 Å². The monoisotopic (exact) mass is 508 g/mol. The second-order valence-corrected chi connectivity index (χ2v) is 12.0. The maximum atomic E-state index is 14.8. The van der Waals surface area contributed by atoms with Crippen LogP contribution in [0.3, 0.4) is 0 Å². The first-order valence-corrected chi connectivity index (χ1v) is 12.2. The molecule has 1 unspecified atom stereocenters. The first kappa shape index (κ1) is 24.7. The number of aromatic nitrogens is 2. The maximum absolute atomic E-state index is 14.8. The zero-order chi connectivity index (χ0) is 25.9. The standard InChI is InChI=1S/C23H23F3N4O4S/c1-23(2,3)35(33,34)18-10-30-20(12(11-31)8-28-30)19(22(27)32)21(18)29-9-14(25)7-17(29)15-6-13(24)4-5-16(15)26/h4-6,8,10-11,14,17H,7,9H2,1-3H3,(H2,27,32)/t14?,17-/m1/s1. The summed E-state index contributed by atoms with van der Waals surface area (Å²) >= 11 is 0. The van der Waals surface area contributed by atoms with Gasteiger partial charge < -0.3 is 10.6 Å². The average Bonchev–Trinajstić information content (AvgIpc) is 3.35. The van der Waals surface area contributed by atoms with Crippen molar-refractivity contribution in [3.8, 4) is 0 Å². The Labute approximate surface area is 199 Å². The van der Waals surface area contributed by atoms with E-state index in [1.54, 1.807) is 0 Å². The summed E-state index contributed by atoms with van der Waals surface area (Å²) in [6.45, 7) is 3.89. The number of halogens is 3. The van der Waals surface area contributed by atoms with Gasteiger partial charge in [0.15, 0.2) is 16.1 Å². The van der Waals surface area contributed by atoms with Crippen LogP contribution in [-0.2, 0) is 9.84 Å². The number of rotatable bonds is 5. The van der Waals surface area contributed by atoms with Crippen LogP contribution in [0.2, 0.25) is 0 Å². The summed E-state index contributed by atoms with van der Waals surface area (Å²) in [6, 6.07) is 1.55. The molecule has 3 aromatic rings. The molecule has 0 saturated carbocycles. The van der Waals surface area contributed by atoms with Gasteiger partial charge in [-0.25, -0.2) is 26.1 Å². The van der Waals surface area contributed by atoms with Gasteiger partial charge >= 0.3 is 0 Å². The highest BCUT2D eigenvalue weighted by Gasteiger charge is 2.43. The van der Waals surface area contributed by atoms with E-state index in [0.717, 1.165) is 35.1 Å². The summed E-state index contributed by atoms with van der Waals surface area (Å²) in [5, 5.41) is 3.99. The van der Waals surface area contributed by atoms with Crippen LogP contribution in [0.4, 0.5) is 18.9 Å². The summed E-state index contributed by atoms with van der Waals surface area (Å²) in [5.41, 5.74) is 4.69. The van der Waals surface area contributed by atoms with Crippen LogP contribution in [0.25, 0.3) is 5.52 Å². The van der Waals surface area contributed by atoms with E-state index < -0.39 is 55.8 Å². The highest BCUT2D eigenvalue weighted by Crippen LogP contribution is 2.45. The largest absolute Gasteiger partial charge is 0.365 e. The molecule has 1 aromatic carbocycles. The number of anilines is 1. The Morgan fingerprint density at radius 1 is 1.26 bits per heavy atom. The van der Waals surface area contributed by atoms with Gasteiger partial charge in [-0.05, 0) is 39.0 Å². The highest BCUT2D eigenvalue weighted by atomic mass is 32.2. The number of carbonyl (C=O) groups is 2. The predicted octanol–water partition coefficient (Wildman–Crippen LogP) is 3.39. The zero-order valence-corrected chi connectivity index (χ0v) is 19.9. The predicted molar refractivity (Wildman–Crippen MR) is 122 cm³/mol. The van der Waals surface area contributed by atoms with Gasteiger partial charge in [-0.2, -0.15) is 5.10 Å². The SMILES string of the molecule is CC(C)(C)S(=O)(=O)c1cn2ncc(C=O)c2c(C(N)=O)c1N1CC(F)C[C@@H]1c1cc(F)ccc1F. The van der Waals surface area contributed by atoms with Gasteiger partial charge in [0, 0.05) is 24.7 Å². The quantitative estimate of drug-likeness (QED) is 0.529. The van der Waals surface area contributed by atoms with Crippen molar-refractivity contribution in [2.24, 2.45) is 5.73 Å². The molecule has 2 atom stereocenters. The fraction of sp³-hybridized carbons (Fsp3) is 0.348. The van der Waals surface area contributed by atoms with E-state index in [1.807, 2.05) is 0 Å². The van der Waals surface area contributed by atoms with Crippen LogP contribution in [0.15, 0.2) is 35.5 Å². The topological polar surface area (TPSA) is 115 Å². The molecule has 0 bridgehead atoms. The molecule has 1 fully saturated rings. The Morgan fingerprint density at radius 3 is 2.54 bits per heavy atom. The average molecular weight is 509 g/mol. The second-order valence-electron chi connectivity index (χ2n) is 9.37. The lowest BCUT2D eigenvalue weighted by Crippen LogP contribution is -2.34. The number of fused-ring (bicyclic) bond motifs is 1. The Morgan fingerprint density at radius 2 is 1.94 bits per heavy atom. The number of benzene rings is 1. The summed E-state index contributed by atoms with van der Waals surface area (Å²) < 4.78 is 70.6. The number of sulfone groups is 1. The van der Waals surface area contributed by atoms with Crippen molar-refractivity contribution >= 4 is 33.2 Å². The Balaban J connectivity index is 2.14. The van der Waals surface area contributed by atoms with E-state index in [4.69, 9.17) is 5.73 Å². The van der Waals surface area contributed by atoms with Crippen molar-refractivity contribution in [2.45, 2.75) is 49.0 Å². The van der Waals surface area contributed by atoms with Crippen LogP contribution < -0.4 is 10.6 Å². The first-order chi connectivity index (χ1) is 16.3. The number of pyridine rings is 1. The molecular weight excluding hydrogens is 485 g/mol. The highest BCUT2D eigenvalue weighted by molar-refractivity contribution is 7.93. The molecule has 2 N–H and O–H groups in total. The van der Waals surface area contributed by atoms with Crippen molar-refractivity contribution in [3.63, 3.8) is 0 Å². The van der Waals surface area contributed by atoms with E-state index in [-0.39, 0.29) is 34.3 Å². The molecule has 0 radical (unpaired) electrons. The summed E-state index contributed by atoms with van der Waals surface area (Å²) in [4.78, 5) is 25.2. The van der Waals surface area contributed by atoms with Crippen LogP contribution in [0, 0.1) is 11.6 Å². The fourth-order valence-electron chi connectivity index (χ4n) is 4.37. The van der Waals surface area contributed by atoms with Gasteiger partial charge in [-0.15, -0.1) is 0 Å². The normalized spacial score (nSPS) is 18.9. The van der Waals surface area contributed by atoms with E-state index in [9.17, 15) is 31.2 Å². The van der Waals surface area contributed by atoms with E-state index >= 15 is 0 Å². The number of nitrogens with zero attached hydrogens (tertiary/aromatic N) is 3. The molecule has 1 saturated heterocycles. The van der Waals surface area contributed by atoms with Crippen LogP contribution in [0.5, 0.6) is 0 Å². The molecule has 8 nitrogen and oxygen atoms in total. The van der Waals surface area contributed by atoms with Crippen molar-refractivity contribution in [2.75, 3.05) is 11.4 Å². The molecule has 186 valence electrons. The number of primary amides is 1. The van der Waals surface area contributed by atoms with Gasteiger partial charge in [0.1, 0.15) is 22.7 Å². The third-order valence-corrected chi connectivity index (χ3v) is 8.58. The van der Waals surface area contributed by atoms with Crippen molar-refractivity contribution in [1.82, 2.24) is 9.61 Å². The number of alkyl halides is 1. The van der Waals surface area contributed by atoms with Gasteiger partial charge in [0.25, 0.3) is 5.91 Å². The van der Waals surface area contributed by atoms with Gasteiger partial charge in [-0.1, -0.05) is 0 Å². The lowest BCUT2D eigenvalue weighted by atomic mass is 10.0. The Hall–Kier alpha value is -3.41. The molecule has 0 aliphatic carbocycles. The van der Waals surface area contributed by atoms with Crippen LogP contribution in [0.1, 0.15) is 59.5 Å². The fourth-order valence-corrected chi connectivity index (χ4v) is 5.74. The lowest BCUT2D eigenvalue weighted by Gasteiger charge is -2.32. The van der Waals surface area contributed by atoms with E-state index in [1.165, 1.54) is 25.7 Å². The number of carbonyl (C=O) groups excluding carboxylic acids is 2. The number of amides is 1. The Bertz CT molecular complexity index is 1460. The molecule has 1 aliphatic rings. The van der Waals surface area contributed by atoms with Crippen LogP contribution in [-0.4, -0.2) is 47.7 Å². The van der Waals surface area contributed by atoms with Gasteiger partial charge in [0.05, 0.1) is 39.3 Å². The number of nitrogens with two attached hydrogens (primary N) is 1. The third-order valence-electron chi connectivity index (χ3n) is 6.09. The van der Waals surface area contributed by atoms with E-state index in [2.05, 4.69) is 5.10 Å². The summed E-state index contributed by atoms with van der Waals surface area (Å²) in [6.07, 6.45) is 0.827. The molecule has 3 heterocycles. The number of hydrogen-bond acceptors (Lipinski definition) is 6. The first-order valence-electron chi connectivity index (χ1n) is 10.7. The minimum atomic E-state index is -4.22. The summed E-state index contributed by atoms with van der Waals surface area (Å²) in [7, 11) is -4.22. The molecule has 0 spiro atoms. The third kappa shape index (κ3) is 3.95. The smallest absolute Gasteiger partial charge is 0.253 e. The zero-order valence-electron chi connectivity index (χ0n) is 19.1. The summed E-state index contributed by atoms with van der Waals surface area (Å²) in [5.74, 6) is -2.69. The molecule has 1 amide bonds. The molecule has 1 aliphatic heterocycles. The number of hydrogen-bond donors (Lipinski definition) is 1. The van der Waals surface area contributed by atoms with Crippen molar-refractivity contribution in [1.29, 1.82) is 0 Å². The van der Waals surface area contributed by atoms with Crippen LogP contribution >= 0.6 is 0 Å².